The van der Waals surface area contributed by atoms with Gasteiger partial charge in [-0.05, 0) is 38.0 Å². The van der Waals surface area contributed by atoms with Gasteiger partial charge in [0, 0.05) is 13.0 Å². The van der Waals surface area contributed by atoms with Crippen LogP contribution in [0.25, 0.3) is 0 Å². The van der Waals surface area contributed by atoms with Gasteiger partial charge < -0.3 is 25.4 Å². The molecule has 0 radical (unpaired) electrons. The van der Waals surface area contributed by atoms with E-state index in [9.17, 15) is 19.2 Å². The molecule has 162 valence electrons. The van der Waals surface area contributed by atoms with Crippen molar-refractivity contribution >= 4 is 23.8 Å². The minimum absolute atomic E-state index is 0.142. The highest BCUT2D eigenvalue weighted by Gasteiger charge is 2.48. The lowest BCUT2D eigenvalue weighted by atomic mass is 9.92. The van der Waals surface area contributed by atoms with Crippen LogP contribution in [-0.2, 0) is 20.8 Å². The van der Waals surface area contributed by atoms with Gasteiger partial charge in [0.25, 0.3) is 5.91 Å². The standard InChI is InChI=1S/C20H26N4O6/c1-4-7-21-17(26)12(2)22-16(25)10-24-18(27)20(3,23-19(24)28)9-13-5-6-14-15(8-13)30-11-29-14/h5-6,8,12H,4,7,9-11H2,1-3H3,(H,21,26)(H,22,25)(H,23,28)/t12-,20+/m1/s1. The number of fused-ring (bicyclic) bond motifs is 1. The quantitative estimate of drug-likeness (QED) is 0.522. The first-order valence-electron chi connectivity index (χ1n) is 9.83. The van der Waals surface area contributed by atoms with Crippen LogP contribution in [0.4, 0.5) is 4.79 Å². The number of carbonyl (C=O) groups is 4. The Kier molecular flexibility index (Phi) is 6.14. The van der Waals surface area contributed by atoms with Gasteiger partial charge in [-0.3, -0.25) is 19.3 Å². The molecule has 2 aliphatic rings. The summed E-state index contributed by atoms with van der Waals surface area (Å²) in [5.74, 6) is -0.219. The van der Waals surface area contributed by atoms with Gasteiger partial charge in [-0.15, -0.1) is 0 Å². The fraction of sp³-hybridized carbons (Fsp3) is 0.500. The Balaban J connectivity index is 1.61. The van der Waals surface area contributed by atoms with E-state index in [1.165, 1.54) is 0 Å². The summed E-state index contributed by atoms with van der Waals surface area (Å²) in [5.41, 5.74) is -0.419. The van der Waals surface area contributed by atoms with E-state index in [1.54, 1.807) is 32.0 Å². The fourth-order valence-electron chi connectivity index (χ4n) is 3.37. The number of urea groups is 1. The van der Waals surface area contributed by atoms with Crippen molar-refractivity contribution in [3.8, 4) is 11.5 Å². The largest absolute Gasteiger partial charge is 0.454 e. The van der Waals surface area contributed by atoms with Gasteiger partial charge in [0.1, 0.15) is 18.1 Å². The van der Waals surface area contributed by atoms with Crippen molar-refractivity contribution in [3.63, 3.8) is 0 Å². The number of hydrogen-bond donors (Lipinski definition) is 3. The van der Waals surface area contributed by atoms with Gasteiger partial charge in [0.2, 0.25) is 18.6 Å². The van der Waals surface area contributed by atoms with E-state index in [0.717, 1.165) is 16.9 Å². The number of benzene rings is 1. The van der Waals surface area contributed by atoms with Gasteiger partial charge in [-0.1, -0.05) is 13.0 Å². The van der Waals surface area contributed by atoms with Gasteiger partial charge >= 0.3 is 6.03 Å². The molecule has 5 amide bonds. The molecule has 0 aromatic heterocycles. The van der Waals surface area contributed by atoms with Crippen LogP contribution in [0.3, 0.4) is 0 Å². The molecule has 0 saturated carbocycles. The van der Waals surface area contributed by atoms with Crippen LogP contribution >= 0.6 is 0 Å². The number of rotatable bonds is 8. The van der Waals surface area contributed by atoms with Gasteiger partial charge in [0.05, 0.1) is 0 Å². The Hall–Kier alpha value is -3.30. The van der Waals surface area contributed by atoms with Gasteiger partial charge in [-0.25, -0.2) is 4.79 Å². The summed E-state index contributed by atoms with van der Waals surface area (Å²) in [6, 6.07) is 3.88. The van der Waals surface area contributed by atoms with Crippen LogP contribution in [0.1, 0.15) is 32.8 Å². The minimum atomic E-state index is -1.20. The molecule has 30 heavy (non-hydrogen) atoms. The molecule has 3 N–H and O–H groups in total. The predicted molar refractivity (Wildman–Crippen MR) is 106 cm³/mol. The zero-order chi connectivity index (χ0) is 21.9. The van der Waals surface area contributed by atoms with E-state index in [4.69, 9.17) is 9.47 Å². The molecule has 2 heterocycles. The van der Waals surface area contributed by atoms with Crippen molar-refractivity contribution in [3.05, 3.63) is 23.8 Å². The highest BCUT2D eigenvalue weighted by atomic mass is 16.7. The molecule has 0 bridgehead atoms. The molecule has 0 spiro atoms. The second-order valence-electron chi connectivity index (χ2n) is 7.60. The number of nitrogens with one attached hydrogen (secondary N) is 3. The van der Waals surface area contributed by atoms with E-state index in [1.807, 2.05) is 6.92 Å². The lowest BCUT2D eigenvalue weighted by molar-refractivity contribution is -0.135. The van der Waals surface area contributed by atoms with E-state index in [2.05, 4.69) is 16.0 Å². The number of imide groups is 1. The zero-order valence-corrected chi connectivity index (χ0v) is 17.2. The molecule has 1 saturated heterocycles. The van der Waals surface area contributed by atoms with Crippen molar-refractivity contribution in [1.82, 2.24) is 20.9 Å². The third-order valence-electron chi connectivity index (χ3n) is 4.96. The highest BCUT2D eigenvalue weighted by molar-refractivity contribution is 6.09. The van der Waals surface area contributed by atoms with E-state index < -0.39 is 36.0 Å². The molecular formula is C20H26N4O6. The predicted octanol–water partition coefficient (Wildman–Crippen LogP) is 0.299. The van der Waals surface area contributed by atoms with Crippen molar-refractivity contribution in [2.75, 3.05) is 19.9 Å². The molecule has 10 heteroatoms. The first-order chi connectivity index (χ1) is 14.2. The third-order valence-corrected chi connectivity index (χ3v) is 4.96. The maximum absolute atomic E-state index is 12.9. The molecule has 10 nitrogen and oxygen atoms in total. The molecule has 3 rings (SSSR count). The summed E-state index contributed by atoms with van der Waals surface area (Å²) in [4.78, 5) is 50.3. The maximum atomic E-state index is 12.9. The van der Waals surface area contributed by atoms with Crippen molar-refractivity contribution in [1.29, 1.82) is 0 Å². The van der Waals surface area contributed by atoms with Gasteiger partial charge in [-0.2, -0.15) is 0 Å². The molecule has 0 aliphatic carbocycles. The number of carbonyl (C=O) groups excluding carboxylic acids is 4. The van der Waals surface area contributed by atoms with Crippen LogP contribution in [0.5, 0.6) is 11.5 Å². The highest BCUT2D eigenvalue weighted by Crippen LogP contribution is 2.34. The Labute approximate surface area is 174 Å². The molecule has 1 aromatic rings. The Bertz CT molecular complexity index is 873. The van der Waals surface area contributed by atoms with Crippen molar-refractivity contribution in [2.24, 2.45) is 0 Å². The summed E-state index contributed by atoms with van der Waals surface area (Å²) in [5, 5.41) is 7.84. The van der Waals surface area contributed by atoms with E-state index in [-0.39, 0.29) is 19.1 Å². The number of nitrogens with zero attached hydrogens (tertiary/aromatic N) is 1. The smallest absolute Gasteiger partial charge is 0.325 e. The van der Waals surface area contributed by atoms with E-state index in [0.29, 0.717) is 18.0 Å². The maximum Gasteiger partial charge on any atom is 0.325 e. The second-order valence-corrected chi connectivity index (χ2v) is 7.60. The monoisotopic (exact) mass is 418 g/mol. The molecule has 2 atom stereocenters. The fourth-order valence-corrected chi connectivity index (χ4v) is 3.37. The molecule has 1 aromatic carbocycles. The average molecular weight is 418 g/mol. The molecular weight excluding hydrogens is 392 g/mol. The lowest BCUT2D eigenvalue weighted by Crippen LogP contribution is -2.50. The summed E-state index contributed by atoms with van der Waals surface area (Å²) >= 11 is 0. The average Bonchev–Trinajstić information content (AvgIpc) is 3.24. The van der Waals surface area contributed by atoms with Crippen molar-refractivity contribution in [2.45, 2.75) is 45.2 Å². The summed E-state index contributed by atoms with van der Waals surface area (Å²) in [6.07, 6.45) is 0.999. The molecule has 1 fully saturated rings. The Morgan fingerprint density at radius 2 is 2.00 bits per heavy atom. The third kappa shape index (κ3) is 4.47. The van der Waals surface area contributed by atoms with Crippen molar-refractivity contribution < 1.29 is 28.7 Å². The topological polar surface area (TPSA) is 126 Å². The first kappa shape index (κ1) is 21.4. The van der Waals surface area contributed by atoms with E-state index >= 15 is 0 Å². The summed E-state index contributed by atoms with van der Waals surface area (Å²) in [7, 11) is 0. The molecule has 0 unspecified atom stereocenters. The number of amides is 5. The first-order valence-corrected chi connectivity index (χ1v) is 9.83. The van der Waals surface area contributed by atoms with Crippen LogP contribution in [0, 0.1) is 0 Å². The van der Waals surface area contributed by atoms with Crippen LogP contribution < -0.4 is 25.4 Å². The lowest BCUT2D eigenvalue weighted by Gasteiger charge is -2.22. The Morgan fingerprint density at radius 1 is 1.27 bits per heavy atom. The zero-order valence-electron chi connectivity index (χ0n) is 17.2. The molecule has 2 aliphatic heterocycles. The van der Waals surface area contributed by atoms with Gasteiger partial charge in [0.15, 0.2) is 11.5 Å². The summed E-state index contributed by atoms with van der Waals surface area (Å²) in [6.45, 7) is 5.25. The summed E-state index contributed by atoms with van der Waals surface area (Å²) < 4.78 is 10.6. The SMILES string of the molecule is CCCNC(=O)[C@@H](C)NC(=O)CN1C(=O)N[C@@](C)(Cc2ccc3c(c2)OCO3)C1=O. The minimum Gasteiger partial charge on any atom is -0.454 e. The number of ether oxygens (including phenoxy) is 2. The second kappa shape index (κ2) is 8.60. The normalized spacial score (nSPS) is 20.7. The van der Waals surface area contributed by atoms with Crippen LogP contribution in [-0.4, -0.2) is 60.1 Å². The Morgan fingerprint density at radius 3 is 2.73 bits per heavy atom. The van der Waals surface area contributed by atoms with Crippen LogP contribution in [0.15, 0.2) is 18.2 Å². The van der Waals surface area contributed by atoms with Crippen LogP contribution in [0.2, 0.25) is 0 Å². The number of hydrogen-bond acceptors (Lipinski definition) is 6.